The first-order chi connectivity index (χ1) is 11.9. The van der Waals surface area contributed by atoms with E-state index in [2.05, 4.69) is 33.4 Å². The predicted octanol–water partition coefficient (Wildman–Crippen LogP) is 3.77. The Bertz CT molecular complexity index is 651. The van der Waals surface area contributed by atoms with Crippen molar-refractivity contribution < 1.29 is 19.7 Å². The maximum atomic E-state index is 11.9. The molecule has 4 heteroatoms. The molecule has 0 saturated heterocycles. The largest absolute Gasteiger partial charge is 0.462 e. The number of carbonyl (C=O) groups is 1. The van der Waals surface area contributed by atoms with Crippen LogP contribution in [0.25, 0.3) is 0 Å². The average molecular weight is 363 g/mol. The number of hydrogen-bond acceptors (Lipinski definition) is 4. The fourth-order valence-corrected chi connectivity index (χ4v) is 6.27. The summed E-state index contributed by atoms with van der Waals surface area (Å²) >= 11 is 0. The Morgan fingerprint density at radius 1 is 1.27 bits per heavy atom. The number of aliphatic hydroxyl groups excluding tert-OH is 1. The molecule has 0 radical (unpaired) electrons. The van der Waals surface area contributed by atoms with Gasteiger partial charge in [-0.25, -0.2) is 0 Å². The third kappa shape index (κ3) is 2.60. The van der Waals surface area contributed by atoms with E-state index in [4.69, 9.17) is 4.74 Å². The maximum absolute atomic E-state index is 11.9. The quantitative estimate of drug-likeness (QED) is 0.580. The lowest BCUT2D eigenvalue weighted by Gasteiger charge is -2.66. The second-order valence-corrected chi connectivity index (χ2v) is 9.90. The summed E-state index contributed by atoms with van der Waals surface area (Å²) in [4.78, 5) is 11.8. The summed E-state index contributed by atoms with van der Waals surface area (Å²) in [5, 5.41) is 23.0. The normalized spacial score (nSPS) is 47.2. The molecule has 0 aromatic carbocycles. The van der Waals surface area contributed by atoms with Gasteiger partial charge in [0, 0.05) is 30.1 Å². The molecule has 26 heavy (non-hydrogen) atoms. The van der Waals surface area contributed by atoms with E-state index >= 15 is 0 Å². The van der Waals surface area contributed by atoms with Gasteiger partial charge < -0.3 is 14.9 Å². The highest BCUT2D eigenvalue weighted by atomic mass is 16.5. The minimum absolute atomic E-state index is 0.0992. The summed E-state index contributed by atoms with van der Waals surface area (Å²) in [6, 6.07) is 0. The molecule has 2 fully saturated rings. The van der Waals surface area contributed by atoms with E-state index in [9.17, 15) is 15.0 Å². The lowest BCUT2D eigenvalue weighted by molar-refractivity contribution is -0.245. The highest BCUT2D eigenvalue weighted by Crippen LogP contribution is 2.66. The Kier molecular flexibility index (Phi) is 4.48. The van der Waals surface area contributed by atoms with E-state index in [1.165, 1.54) is 6.92 Å². The number of ether oxygens (including phenoxy) is 1. The monoisotopic (exact) mass is 362 g/mol. The number of aliphatic hydroxyl groups is 2. The lowest BCUT2D eigenvalue weighted by atomic mass is 9.42. The zero-order chi connectivity index (χ0) is 19.5. The van der Waals surface area contributed by atoms with Gasteiger partial charge in [-0.05, 0) is 36.7 Å². The molecular formula is C22H34O4. The van der Waals surface area contributed by atoms with Crippen molar-refractivity contribution in [3.8, 4) is 0 Å². The van der Waals surface area contributed by atoms with Crippen LogP contribution < -0.4 is 0 Å². The summed E-state index contributed by atoms with van der Waals surface area (Å²) in [5.41, 5.74) is -1.24. The molecule has 2 N–H and O–H groups in total. The molecule has 3 aliphatic rings. The fraction of sp³-hybridized carbons (Fsp3) is 0.773. The number of fused-ring (bicyclic) bond motifs is 3. The van der Waals surface area contributed by atoms with Crippen molar-refractivity contribution in [2.75, 3.05) is 0 Å². The smallest absolute Gasteiger partial charge is 0.302 e. The number of allylic oxidation sites excluding steroid dienone is 2. The average Bonchev–Trinajstić information content (AvgIpc) is 2.53. The van der Waals surface area contributed by atoms with Crippen LogP contribution in [-0.4, -0.2) is 34.0 Å². The van der Waals surface area contributed by atoms with E-state index in [0.29, 0.717) is 19.3 Å². The van der Waals surface area contributed by atoms with Crippen LogP contribution in [0.5, 0.6) is 0 Å². The second-order valence-electron chi connectivity index (χ2n) is 9.90. The van der Waals surface area contributed by atoms with E-state index in [0.717, 1.165) is 18.4 Å². The summed E-state index contributed by atoms with van der Waals surface area (Å²) in [6.07, 6.45) is 6.49. The molecule has 3 aliphatic carbocycles. The van der Waals surface area contributed by atoms with Crippen LogP contribution in [0.4, 0.5) is 0 Å². The van der Waals surface area contributed by atoms with E-state index in [-0.39, 0.29) is 28.8 Å². The zero-order valence-corrected chi connectivity index (χ0v) is 16.8. The first-order valence-corrected chi connectivity index (χ1v) is 9.83. The minimum Gasteiger partial charge on any atom is -0.462 e. The van der Waals surface area contributed by atoms with Gasteiger partial charge in [0.05, 0.1) is 11.7 Å². The summed E-state index contributed by atoms with van der Waals surface area (Å²) in [6.45, 7) is 13.9. The SMILES string of the molecule is C=C[C@@]1(C)C=C2C[C@@H](OC(C)=O)[C@H]3C(C)(C)CC[C@H](O)[C@]3(C)[C@@]2(O)CC1. The first kappa shape index (κ1) is 19.6. The molecule has 0 heterocycles. The second kappa shape index (κ2) is 5.93. The molecule has 4 nitrogen and oxygen atoms in total. The molecule has 0 aromatic heterocycles. The van der Waals surface area contributed by atoms with Gasteiger partial charge in [-0.2, -0.15) is 0 Å². The van der Waals surface area contributed by atoms with E-state index in [1.807, 2.05) is 13.0 Å². The van der Waals surface area contributed by atoms with Crippen molar-refractivity contribution in [3.63, 3.8) is 0 Å². The Hall–Kier alpha value is -1.13. The summed E-state index contributed by atoms with van der Waals surface area (Å²) in [5.74, 6) is -0.403. The molecule has 6 atom stereocenters. The van der Waals surface area contributed by atoms with E-state index < -0.39 is 17.1 Å². The molecule has 0 aromatic rings. The Labute approximate surface area is 157 Å². The minimum atomic E-state index is -1.08. The van der Waals surface area contributed by atoms with Gasteiger partial charge in [0.2, 0.25) is 0 Å². The Morgan fingerprint density at radius 3 is 2.50 bits per heavy atom. The van der Waals surface area contributed by atoms with Gasteiger partial charge >= 0.3 is 5.97 Å². The molecule has 0 bridgehead atoms. The third-order valence-corrected chi connectivity index (χ3v) is 7.77. The molecule has 146 valence electrons. The Balaban J connectivity index is 2.19. The van der Waals surface area contributed by atoms with Crippen molar-refractivity contribution in [2.45, 2.75) is 84.5 Å². The number of hydrogen-bond donors (Lipinski definition) is 2. The first-order valence-electron chi connectivity index (χ1n) is 9.83. The van der Waals surface area contributed by atoms with Gasteiger partial charge in [0.25, 0.3) is 0 Å². The lowest BCUT2D eigenvalue weighted by Crippen LogP contribution is -2.70. The topological polar surface area (TPSA) is 66.8 Å². The van der Waals surface area contributed by atoms with Crippen molar-refractivity contribution in [3.05, 3.63) is 24.3 Å². The number of esters is 1. The summed E-state index contributed by atoms with van der Waals surface area (Å²) < 4.78 is 5.78. The van der Waals surface area contributed by atoms with Gasteiger partial charge in [0.15, 0.2) is 0 Å². The van der Waals surface area contributed by atoms with Crippen molar-refractivity contribution >= 4 is 5.97 Å². The van der Waals surface area contributed by atoms with Crippen molar-refractivity contribution in [2.24, 2.45) is 22.2 Å². The van der Waals surface area contributed by atoms with Crippen LogP contribution in [0, 0.1) is 22.2 Å². The van der Waals surface area contributed by atoms with Gasteiger partial charge in [-0.15, -0.1) is 6.58 Å². The molecule has 0 spiro atoms. The molecule has 2 saturated carbocycles. The van der Waals surface area contributed by atoms with Crippen LogP contribution in [0.1, 0.15) is 66.7 Å². The zero-order valence-electron chi connectivity index (χ0n) is 16.8. The Morgan fingerprint density at radius 2 is 1.92 bits per heavy atom. The van der Waals surface area contributed by atoms with Gasteiger partial charge in [0.1, 0.15) is 6.10 Å². The molecule has 0 unspecified atom stereocenters. The van der Waals surface area contributed by atoms with Gasteiger partial charge in [-0.3, -0.25) is 4.79 Å². The molecule has 0 aliphatic heterocycles. The standard InChI is InChI=1S/C22H34O4/c1-7-20(5)10-11-22(25)15(13-20)12-16(26-14(2)23)18-19(3,4)9-8-17(24)21(18,22)6/h7,13,16-18,24-25H,1,8-12H2,2-6H3/t16-,17+,18+,20-,21+,22-/m1/s1. The number of rotatable bonds is 2. The number of carbonyl (C=O) groups excluding carboxylic acids is 1. The van der Waals surface area contributed by atoms with Crippen LogP contribution in [0.2, 0.25) is 0 Å². The van der Waals surface area contributed by atoms with E-state index in [1.54, 1.807) is 0 Å². The van der Waals surface area contributed by atoms with Crippen LogP contribution >= 0.6 is 0 Å². The molecule has 0 amide bonds. The van der Waals surface area contributed by atoms with Crippen LogP contribution in [-0.2, 0) is 9.53 Å². The fourth-order valence-electron chi connectivity index (χ4n) is 6.27. The van der Waals surface area contributed by atoms with Crippen molar-refractivity contribution in [1.82, 2.24) is 0 Å². The highest BCUT2D eigenvalue weighted by molar-refractivity contribution is 5.66. The van der Waals surface area contributed by atoms with Crippen molar-refractivity contribution in [1.29, 1.82) is 0 Å². The van der Waals surface area contributed by atoms with Crippen LogP contribution in [0.3, 0.4) is 0 Å². The van der Waals surface area contributed by atoms with Gasteiger partial charge in [-0.1, -0.05) is 39.8 Å². The molecular weight excluding hydrogens is 328 g/mol. The highest BCUT2D eigenvalue weighted by Gasteiger charge is 2.68. The van der Waals surface area contributed by atoms with Crippen LogP contribution in [0.15, 0.2) is 24.3 Å². The predicted molar refractivity (Wildman–Crippen MR) is 101 cm³/mol. The third-order valence-electron chi connectivity index (χ3n) is 7.77. The maximum Gasteiger partial charge on any atom is 0.302 e. The summed E-state index contributed by atoms with van der Waals surface area (Å²) in [7, 11) is 0. The molecule has 3 rings (SSSR count).